The van der Waals surface area contributed by atoms with Crippen LogP contribution in [-0.2, 0) is 0 Å². The summed E-state index contributed by atoms with van der Waals surface area (Å²) >= 11 is 0. The maximum absolute atomic E-state index is 5.77. The zero-order valence-corrected chi connectivity index (χ0v) is 17.8. The molecular formula is C19H30IN5O. The van der Waals surface area contributed by atoms with Crippen molar-refractivity contribution in [2.45, 2.75) is 25.4 Å². The highest BCUT2D eigenvalue weighted by atomic mass is 127. The van der Waals surface area contributed by atoms with Crippen LogP contribution in [0.25, 0.3) is 0 Å². The number of aliphatic imine (C=N–C) groups is 1. The largest absolute Gasteiger partial charge is 0.493 e. The van der Waals surface area contributed by atoms with E-state index >= 15 is 0 Å². The van der Waals surface area contributed by atoms with Crippen LogP contribution in [0.5, 0.6) is 5.75 Å². The fraction of sp³-hybridized carbons (Fsp3) is 0.632. The molecule has 3 fully saturated rings. The lowest BCUT2D eigenvalue weighted by Crippen LogP contribution is -2.62. The fourth-order valence-electron chi connectivity index (χ4n) is 4.07. The van der Waals surface area contributed by atoms with E-state index in [0.29, 0.717) is 6.04 Å². The SMILES string of the molecule is CCNC(=NCC1CN2CCN1CC2)NC1CCOc2ccccc21.I. The van der Waals surface area contributed by atoms with Crippen molar-refractivity contribution in [2.75, 3.05) is 52.4 Å². The number of piperazine rings is 3. The number of nitrogens with one attached hydrogen (secondary N) is 2. The third-order valence-electron chi connectivity index (χ3n) is 5.47. The van der Waals surface area contributed by atoms with Crippen LogP contribution in [0.15, 0.2) is 29.3 Å². The minimum atomic E-state index is 0. The van der Waals surface area contributed by atoms with Gasteiger partial charge in [-0.05, 0) is 13.0 Å². The normalized spacial score (nSPS) is 30.0. The molecule has 6 nitrogen and oxygen atoms in total. The van der Waals surface area contributed by atoms with E-state index in [0.717, 1.165) is 44.4 Å². The van der Waals surface area contributed by atoms with Crippen LogP contribution in [0.4, 0.5) is 0 Å². The van der Waals surface area contributed by atoms with Gasteiger partial charge in [0, 0.05) is 57.3 Å². The first kappa shape index (κ1) is 19.7. The molecule has 5 rings (SSSR count). The van der Waals surface area contributed by atoms with Gasteiger partial charge in [0.25, 0.3) is 0 Å². The Morgan fingerprint density at radius 1 is 1.23 bits per heavy atom. The third kappa shape index (κ3) is 4.43. The molecule has 2 N–H and O–H groups in total. The van der Waals surface area contributed by atoms with E-state index in [1.165, 1.54) is 31.7 Å². The van der Waals surface area contributed by atoms with Crippen LogP contribution in [-0.4, -0.2) is 74.2 Å². The monoisotopic (exact) mass is 471 g/mol. The van der Waals surface area contributed by atoms with E-state index in [2.05, 4.69) is 39.5 Å². The van der Waals surface area contributed by atoms with E-state index in [1.54, 1.807) is 0 Å². The summed E-state index contributed by atoms with van der Waals surface area (Å²) in [4.78, 5) is 10.1. The Labute approximate surface area is 173 Å². The summed E-state index contributed by atoms with van der Waals surface area (Å²) in [6.07, 6.45) is 0.963. The molecule has 1 aromatic carbocycles. The molecule has 4 heterocycles. The molecule has 2 bridgehead atoms. The predicted molar refractivity (Wildman–Crippen MR) is 116 cm³/mol. The Bertz CT molecular complexity index is 618. The third-order valence-corrected chi connectivity index (χ3v) is 5.47. The summed E-state index contributed by atoms with van der Waals surface area (Å²) in [6.45, 7) is 10.6. The molecule has 4 aliphatic heterocycles. The molecular weight excluding hydrogens is 441 g/mol. The second-order valence-corrected chi connectivity index (χ2v) is 7.08. The van der Waals surface area contributed by atoms with Gasteiger partial charge in [0.15, 0.2) is 5.96 Å². The van der Waals surface area contributed by atoms with Crippen LogP contribution in [0.3, 0.4) is 0 Å². The maximum atomic E-state index is 5.77. The molecule has 4 aliphatic rings. The van der Waals surface area contributed by atoms with Gasteiger partial charge in [-0.1, -0.05) is 18.2 Å². The quantitative estimate of drug-likeness (QED) is 0.398. The molecule has 3 saturated heterocycles. The molecule has 0 aromatic heterocycles. The van der Waals surface area contributed by atoms with Crippen LogP contribution in [0.2, 0.25) is 0 Å². The van der Waals surface area contributed by atoms with Crippen LogP contribution < -0.4 is 15.4 Å². The van der Waals surface area contributed by atoms with E-state index in [-0.39, 0.29) is 30.0 Å². The number of benzene rings is 1. The molecule has 144 valence electrons. The van der Waals surface area contributed by atoms with Gasteiger partial charge in [0.05, 0.1) is 19.2 Å². The molecule has 0 spiro atoms. The molecule has 0 aliphatic carbocycles. The molecule has 1 aromatic rings. The number of fused-ring (bicyclic) bond motifs is 4. The van der Waals surface area contributed by atoms with E-state index in [1.807, 2.05) is 12.1 Å². The number of halogens is 1. The number of guanidine groups is 1. The lowest BCUT2D eigenvalue weighted by atomic mass is 10.0. The van der Waals surface area contributed by atoms with E-state index in [4.69, 9.17) is 9.73 Å². The molecule has 7 heteroatoms. The van der Waals surface area contributed by atoms with Crippen molar-refractivity contribution in [1.82, 2.24) is 20.4 Å². The lowest BCUT2D eigenvalue weighted by Gasteiger charge is -2.47. The summed E-state index contributed by atoms with van der Waals surface area (Å²) < 4.78 is 5.77. The highest BCUT2D eigenvalue weighted by molar-refractivity contribution is 14.0. The number of rotatable bonds is 4. The van der Waals surface area contributed by atoms with Crippen molar-refractivity contribution in [3.8, 4) is 5.75 Å². The van der Waals surface area contributed by atoms with Crippen molar-refractivity contribution < 1.29 is 4.74 Å². The van der Waals surface area contributed by atoms with Crippen LogP contribution >= 0.6 is 24.0 Å². The van der Waals surface area contributed by atoms with Gasteiger partial charge < -0.3 is 15.4 Å². The van der Waals surface area contributed by atoms with Crippen molar-refractivity contribution in [1.29, 1.82) is 0 Å². The molecule has 2 atom stereocenters. The second kappa shape index (κ2) is 9.23. The zero-order valence-electron chi connectivity index (χ0n) is 15.5. The van der Waals surface area contributed by atoms with Gasteiger partial charge >= 0.3 is 0 Å². The molecule has 0 saturated carbocycles. The van der Waals surface area contributed by atoms with Crippen molar-refractivity contribution in [2.24, 2.45) is 4.99 Å². The standard InChI is InChI=1S/C19H29N5O.HI/c1-2-20-19(21-13-15-14-23-8-10-24(15)11-9-23)22-17-7-12-25-18-6-4-3-5-16(17)18;/h3-6,15,17H,2,7-14H2,1H3,(H2,20,21,22);1H. The lowest BCUT2D eigenvalue weighted by molar-refractivity contribution is 0.0174. The van der Waals surface area contributed by atoms with Gasteiger partial charge in [-0.25, -0.2) is 0 Å². The van der Waals surface area contributed by atoms with Crippen LogP contribution in [0, 0.1) is 0 Å². The summed E-state index contributed by atoms with van der Waals surface area (Å²) in [5, 5.41) is 7.03. The van der Waals surface area contributed by atoms with Gasteiger partial charge in [0.1, 0.15) is 5.75 Å². The number of para-hydroxylation sites is 1. The minimum Gasteiger partial charge on any atom is -0.493 e. The Kier molecular flexibility index (Phi) is 6.99. The first-order valence-electron chi connectivity index (χ1n) is 9.56. The van der Waals surface area contributed by atoms with Crippen molar-refractivity contribution >= 4 is 29.9 Å². The van der Waals surface area contributed by atoms with Gasteiger partial charge in [-0.15, -0.1) is 24.0 Å². The van der Waals surface area contributed by atoms with Crippen molar-refractivity contribution in [3.05, 3.63) is 29.8 Å². The smallest absolute Gasteiger partial charge is 0.191 e. The number of nitrogens with zero attached hydrogens (tertiary/aromatic N) is 3. The molecule has 26 heavy (non-hydrogen) atoms. The Hall–Kier alpha value is -1.06. The Morgan fingerprint density at radius 2 is 2.04 bits per heavy atom. The highest BCUT2D eigenvalue weighted by Gasteiger charge is 2.31. The minimum absolute atomic E-state index is 0. The Morgan fingerprint density at radius 3 is 2.77 bits per heavy atom. The average Bonchev–Trinajstić information content (AvgIpc) is 2.67. The highest BCUT2D eigenvalue weighted by Crippen LogP contribution is 2.31. The second-order valence-electron chi connectivity index (χ2n) is 7.08. The predicted octanol–water partition coefficient (Wildman–Crippen LogP) is 1.68. The summed E-state index contributed by atoms with van der Waals surface area (Å²) in [5.74, 6) is 1.91. The Balaban J connectivity index is 0.00000196. The maximum Gasteiger partial charge on any atom is 0.191 e. The zero-order chi connectivity index (χ0) is 17.1. The number of hydrogen-bond acceptors (Lipinski definition) is 4. The summed E-state index contributed by atoms with van der Waals surface area (Å²) in [7, 11) is 0. The van der Waals surface area contributed by atoms with Gasteiger partial charge in [-0.3, -0.25) is 14.8 Å². The number of hydrogen-bond donors (Lipinski definition) is 2. The molecule has 2 unspecified atom stereocenters. The van der Waals surface area contributed by atoms with Crippen LogP contribution in [0.1, 0.15) is 24.9 Å². The fourth-order valence-corrected chi connectivity index (χ4v) is 4.07. The topological polar surface area (TPSA) is 52.1 Å². The van der Waals surface area contributed by atoms with Crippen molar-refractivity contribution in [3.63, 3.8) is 0 Å². The summed E-state index contributed by atoms with van der Waals surface area (Å²) in [6, 6.07) is 9.12. The van der Waals surface area contributed by atoms with Gasteiger partial charge in [-0.2, -0.15) is 0 Å². The van der Waals surface area contributed by atoms with E-state index in [9.17, 15) is 0 Å². The molecule has 0 amide bonds. The average molecular weight is 471 g/mol. The number of ether oxygens (including phenoxy) is 1. The van der Waals surface area contributed by atoms with Gasteiger partial charge in [0.2, 0.25) is 0 Å². The first-order chi connectivity index (χ1) is 12.3. The molecule has 0 radical (unpaired) electrons. The summed E-state index contributed by atoms with van der Waals surface area (Å²) in [5.41, 5.74) is 1.23. The van der Waals surface area contributed by atoms with E-state index < -0.39 is 0 Å². The first-order valence-corrected chi connectivity index (χ1v) is 9.56.